The van der Waals surface area contributed by atoms with Crippen LogP contribution in [0.4, 0.5) is 5.13 Å². The van der Waals surface area contributed by atoms with Crippen molar-refractivity contribution in [1.82, 2.24) is 10.3 Å². The molecule has 0 aliphatic carbocycles. The molecule has 0 saturated carbocycles. The lowest BCUT2D eigenvalue weighted by molar-refractivity contribution is -0.121. The number of thiazole rings is 1. The average Bonchev–Trinajstić information content (AvgIpc) is 3.24. The smallest absolute Gasteiger partial charge is 0.220 e. The topological polar surface area (TPSA) is 45.2 Å². The molecule has 0 bridgehead atoms. The molecule has 5 heteroatoms. The predicted molar refractivity (Wildman–Crippen MR) is 94.9 cm³/mol. The van der Waals surface area contributed by atoms with Gasteiger partial charge < -0.3 is 10.2 Å². The van der Waals surface area contributed by atoms with Crippen LogP contribution in [0.25, 0.3) is 0 Å². The zero-order chi connectivity index (χ0) is 15.9. The summed E-state index contributed by atoms with van der Waals surface area (Å²) in [6.45, 7) is 1.86. The molecule has 1 aliphatic heterocycles. The van der Waals surface area contributed by atoms with Crippen molar-refractivity contribution < 1.29 is 4.79 Å². The Kier molecular flexibility index (Phi) is 5.64. The van der Waals surface area contributed by atoms with Crippen LogP contribution in [0.3, 0.4) is 0 Å². The maximum atomic E-state index is 12.1. The highest BCUT2D eigenvalue weighted by atomic mass is 32.1. The number of hydrogen-bond donors (Lipinski definition) is 1. The van der Waals surface area contributed by atoms with Crippen LogP contribution in [-0.2, 0) is 11.2 Å². The lowest BCUT2D eigenvalue weighted by atomic mass is 10.1. The van der Waals surface area contributed by atoms with E-state index < -0.39 is 0 Å². The van der Waals surface area contributed by atoms with E-state index in [2.05, 4.69) is 39.5 Å². The standard InChI is InChI=1S/C18H23N3OS/c22-17(9-5-4-8-15-6-2-1-3-7-15)20-16-10-12-21(14-16)18-19-11-13-23-18/h1-3,6-7,11,13,16H,4-5,8-10,12,14H2,(H,20,22). The molecule has 1 N–H and O–H groups in total. The summed E-state index contributed by atoms with van der Waals surface area (Å²) in [7, 11) is 0. The predicted octanol–water partition coefficient (Wildman–Crippen LogP) is 3.25. The number of aryl methyl sites for hydroxylation is 1. The number of hydrogen-bond acceptors (Lipinski definition) is 4. The van der Waals surface area contributed by atoms with Gasteiger partial charge in [0.1, 0.15) is 0 Å². The summed E-state index contributed by atoms with van der Waals surface area (Å²) in [4.78, 5) is 18.6. The molecule has 0 radical (unpaired) electrons. The number of anilines is 1. The van der Waals surface area contributed by atoms with Crippen molar-refractivity contribution in [2.45, 2.75) is 38.1 Å². The van der Waals surface area contributed by atoms with Gasteiger partial charge in [0.2, 0.25) is 5.91 Å². The Morgan fingerprint density at radius 2 is 2.17 bits per heavy atom. The molecule has 1 saturated heterocycles. The molecule has 1 unspecified atom stereocenters. The Labute approximate surface area is 141 Å². The number of nitrogens with zero attached hydrogens (tertiary/aromatic N) is 2. The fourth-order valence-electron chi connectivity index (χ4n) is 2.98. The minimum atomic E-state index is 0.184. The van der Waals surface area contributed by atoms with Gasteiger partial charge in [-0.05, 0) is 31.2 Å². The Morgan fingerprint density at radius 1 is 1.30 bits per heavy atom. The van der Waals surface area contributed by atoms with Gasteiger partial charge in [-0.15, -0.1) is 11.3 Å². The van der Waals surface area contributed by atoms with Crippen molar-refractivity contribution in [3.05, 3.63) is 47.5 Å². The van der Waals surface area contributed by atoms with Crippen LogP contribution in [0, 0.1) is 0 Å². The number of unbranched alkanes of at least 4 members (excludes halogenated alkanes) is 1. The summed E-state index contributed by atoms with van der Waals surface area (Å²) in [5.41, 5.74) is 1.35. The van der Waals surface area contributed by atoms with Gasteiger partial charge in [-0.1, -0.05) is 30.3 Å². The van der Waals surface area contributed by atoms with Crippen molar-refractivity contribution in [3.63, 3.8) is 0 Å². The molecule has 2 heterocycles. The second-order valence-corrected chi connectivity index (χ2v) is 6.88. The van der Waals surface area contributed by atoms with Crippen molar-refractivity contribution in [3.8, 4) is 0 Å². The van der Waals surface area contributed by atoms with Crippen LogP contribution < -0.4 is 10.2 Å². The van der Waals surface area contributed by atoms with Crippen molar-refractivity contribution in [2.24, 2.45) is 0 Å². The quantitative estimate of drug-likeness (QED) is 0.793. The van der Waals surface area contributed by atoms with Crippen LogP contribution >= 0.6 is 11.3 Å². The largest absolute Gasteiger partial charge is 0.352 e. The molecule has 2 aromatic rings. The molecule has 1 amide bonds. The molecule has 3 rings (SSSR count). The van der Waals surface area contributed by atoms with Crippen molar-refractivity contribution in [2.75, 3.05) is 18.0 Å². The molecule has 1 atom stereocenters. The van der Waals surface area contributed by atoms with Gasteiger partial charge in [0, 0.05) is 37.1 Å². The Bertz CT molecular complexity index is 600. The summed E-state index contributed by atoms with van der Waals surface area (Å²) >= 11 is 1.66. The first kappa shape index (κ1) is 16.0. The van der Waals surface area contributed by atoms with Gasteiger partial charge in [-0.25, -0.2) is 4.98 Å². The number of carbonyl (C=O) groups is 1. The summed E-state index contributed by atoms with van der Waals surface area (Å²) in [6, 6.07) is 10.7. The summed E-state index contributed by atoms with van der Waals surface area (Å²) in [6.07, 6.45) is 6.53. The minimum absolute atomic E-state index is 0.184. The third-order valence-electron chi connectivity index (χ3n) is 4.21. The van der Waals surface area contributed by atoms with E-state index in [9.17, 15) is 4.79 Å². The zero-order valence-corrected chi connectivity index (χ0v) is 14.1. The van der Waals surface area contributed by atoms with Gasteiger partial charge in [0.05, 0.1) is 0 Å². The van der Waals surface area contributed by atoms with Crippen molar-refractivity contribution >= 4 is 22.4 Å². The maximum Gasteiger partial charge on any atom is 0.220 e. The van der Waals surface area contributed by atoms with E-state index in [4.69, 9.17) is 0 Å². The normalized spacial score (nSPS) is 17.4. The summed E-state index contributed by atoms with van der Waals surface area (Å²) in [5, 5.41) is 6.22. The van der Waals surface area contributed by atoms with Crippen molar-refractivity contribution in [1.29, 1.82) is 0 Å². The summed E-state index contributed by atoms with van der Waals surface area (Å²) < 4.78 is 0. The molecule has 122 valence electrons. The monoisotopic (exact) mass is 329 g/mol. The molecular weight excluding hydrogens is 306 g/mol. The van der Waals surface area contributed by atoms with Crippen LogP contribution in [0.5, 0.6) is 0 Å². The lowest BCUT2D eigenvalue weighted by Crippen LogP contribution is -2.36. The van der Waals surface area contributed by atoms with E-state index >= 15 is 0 Å². The van der Waals surface area contributed by atoms with E-state index in [0.29, 0.717) is 6.42 Å². The molecule has 1 aromatic heterocycles. The van der Waals surface area contributed by atoms with Gasteiger partial charge in [-0.2, -0.15) is 0 Å². The average molecular weight is 329 g/mol. The zero-order valence-electron chi connectivity index (χ0n) is 13.3. The molecule has 0 spiro atoms. The van der Waals surface area contributed by atoms with E-state index in [1.165, 1.54) is 5.56 Å². The van der Waals surface area contributed by atoms with E-state index in [-0.39, 0.29) is 11.9 Å². The molecule has 4 nitrogen and oxygen atoms in total. The Balaban J connectivity index is 1.32. The number of rotatable bonds is 7. The molecular formula is C18H23N3OS. The van der Waals surface area contributed by atoms with E-state index in [0.717, 1.165) is 43.9 Å². The molecule has 1 aromatic carbocycles. The number of nitrogens with one attached hydrogen (secondary N) is 1. The number of aromatic nitrogens is 1. The fraction of sp³-hybridized carbons (Fsp3) is 0.444. The lowest BCUT2D eigenvalue weighted by Gasteiger charge is -2.15. The molecule has 23 heavy (non-hydrogen) atoms. The highest BCUT2D eigenvalue weighted by molar-refractivity contribution is 7.13. The highest BCUT2D eigenvalue weighted by Crippen LogP contribution is 2.22. The second-order valence-electron chi connectivity index (χ2n) is 6.01. The van der Waals surface area contributed by atoms with Gasteiger partial charge in [-0.3, -0.25) is 4.79 Å². The number of benzene rings is 1. The van der Waals surface area contributed by atoms with Crippen LogP contribution in [0.1, 0.15) is 31.2 Å². The molecule has 1 aliphatic rings. The first-order valence-corrected chi connectivity index (χ1v) is 9.17. The van der Waals surface area contributed by atoms with E-state index in [1.54, 1.807) is 11.3 Å². The first-order chi connectivity index (χ1) is 11.3. The SMILES string of the molecule is O=C(CCCCc1ccccc1)NC1CCN(c2nccs2)C1. The van der Waals surface area contributed by atoms with Crippen LogP contribution in [0.2, 0.25) is 0 Å². The molecule has 1 fully saturated rings. The minimum Gasteiger partial charge on any atom is -0.352 e. The van der Waals surface area contributed by atoms with Gasteiger partial charge in [0.25, 0.3) is 0 Å². The van der Waals surface area contributed by atoms with Gasteiger partial charge >= 0.3 is 0 Å². The Morgan fingerprint density at radius 3 is 2.96 bits per heavy atom. The first-order valence-electron chi connectivity index (χ1n) is 8.29. The van der Waals surface area contributed by atoms with Crippen LogP contribution in [-0.4, -0.2) is 30.0 Å². The Hall–Kier alpha value is -1.88. The van der Waals surface area contributed by atoms with Gasteiger partial charge in [0.15, 0.2) is 5.13 Å². The third kappa shape index (κ3) is 4.79. The summed E-state index contributed by atoms with van der Waals surface area (Å²) in [5.74, 6) is 0.184. The van der Waals surface area contributed by atoms with E-state index in [1.807, 2.05) is 17.6 Å². The number of amides is 1. The third-order valence-corrected chi connectivity index (χ3v) is 5.04. The van der Waals surface area contributed by atoms with Crippen LogP contribution in [0.15, 0.2) is 41.9 Å². The second kappa shape index (κ2) is 8.11. The fourth-order valence-corrected chi connectivity index (χ4v) is 3.66. The highest BCUT2D eigenvalue weighted by Gasteiger charge is 2.24. The maximum absolute atomic E-state index is 12.1. The number of carbonyl (C=O) groups excluding carboxylic acids is 1.